The van der Waals surface area contributed by atoms with Gasteiger partial charge in [-0.25, -0.2) is 4.79 Å². The highest BCUT2D eigenvalue weighted by Crippen LogP contribution is 2.38. The molecule has 1 N–H and O–H groups in total. The van der Waals surface area contributed by atoms with Crippen LogP contribution in [0.3, 0.4) is 0 Å². The van der Waals surface area contributed by atoms with Gasteiger partial charge in [-0.05, 0) is 13.0 Å². The molecule has 2 aromatic heterocycles. The van der Waals surface area contributed by atoms with Crippen molar-refractivity contribution < 1.29 is 14.4 Å². The lowest BCUT2D eigenvalue weighted by Crippen LogP contribution is -1.97. The van der Waals surface area contributed by atoms with E-state index in [2.05, 4.69) is 5.16 Å². The number of halogens is 1. The van der Waals surface area contributed by atoms with Crippen molar-refractivity contribution in [1.29, 1.82) is 0 Å². The van der Waals surface area contributed by atoms with Gasteiger partial charge in [-0.2, -0.15) is 0 Å². The summed E-state index contributed by atoms with van der Waals surface area (Å²) in [6.07, 6.45) is 1.21. The van der Waals surface area contributed by atoms with Crippen LogP contribution in [0.2, 0.25) is 5.02 Å². The zero-order valence-electron chi connectivity index (χ0n) is 10.8. The molecule has 0 aliphatic heterocycles. The number of carboxylic acid groups (broad SMARTS) is 1. The Morgan fingerprint density at radius 2 is 2.20 bits per heavy atom. The Hall–Kier alpha value is -2.27. The van der Waals surface area contributed by atoms with Crippen LogP contribution in [-0.2, 0) is 7.05 Å². The molecule has 0 spiro atoms. The average molecular weight is 291 g/mol. The number of aryl methyl sites for hydroxylation is 1. The van der Waals surface area contributed by atoms with Crippen LogP contribution in [0.4, 0.5) is 0 Å². The van der Waals surface area contributed by atoms with Crippen molar-refractivity contribution in [2.45, 2.75) is 6.92 Å². The van der Waals surface area contributed by atoms with E-state index in [1.807, 2.05) is 30.7 Å². The highest BCUT2D eigenvalue weighted by molar-refractivity contribution is 6.35. The highest BCUT2D eigenvalue weighted by Gasteiger charge is 2.24. The van der Waals surface area contributed by atoms with Crippen molar-refractivity contribution in [3.63, 3.8) is 0 Å². The lowest BCUT2D eigenvalue weighted by molar-refractivity contribution is 0.0697. The van der Waals surface area contributed by atoms with Gasteiger partial charge in [0, 0.05) is 23.7 Å². The smallest absolute Gasteiger partial charge is 0.341 e. The van der Waals surface area contributed by atoms with Gasteiger partial charge in [0.05, 0.1) is 16.7 Å². The Bertz CT molecular complexity index is 832. The Kier molecular flexibility index (Phi) is 2.79. The van der Waals surface area contributed by atoms with Crippen LogP contribution in [0.15, 0.2) is 28.9 Å². The Labute approximate surface area is 119 Å². The van der Waals surface area contributed by atoms with Gasteiger partial charge < -0.3 is 14.2 Å². The first-order valence-corrected chi connectivity index (χ1v) is 6.32. The summed E-state index contributed by atoms with van der Waals surface area (Å²) < 4.78 is 7.08. The molecule has 1 aromatic carbocycles. The molecule has 102 valence electrons. The van der Waals surface area contributed by atoms with Gasteiger partial charge in [0.15, 0.2) is 5.76 Å². The summed E-state index contributed by atoms with van der Waals surface area (Å²) in [6.45, 7) is 1.89. The van der Waals surface area contributed by atoms with Gasteiger partial charge in [0.1, 0.15) is 5.56 Å². The van der Waals surface area contributed by atoms with E-state index in [4.69, 9.17) is 16.1 Å². The predicted molar refractivity (Wildman–Crippen MR) is 75.1 cm³/mol. The number of aromatic nitrogens is 2. The van der Waals surface area contributed by atoms with Gasteiger partial charge in [-0.3, -0.25) is 0 Å². The minimum Gasteiger partial charge on any atom is -0.477 e. The molecule has 20 heavy (non-hydrogen) atoms. The van der Waals surface area contributed by atoms with Gasteiger partial charge in [0.2, 0.25) is 0 Å². The molecule has 0 saturated carbocycles. The molecular formula is C14H11ClN2O3. The Morgan fingerprint density at radius 3 is 2.90 bits per heavy atom. The first-order valence-electron chi connectivity index (χ1n) is 5.94. The van der Waals surface area contributed by atoms with Crippen LogP contribution < -0.4 is 0 Å². The van der Waals surface area contributed by atoms with Gasteiger partial charge in [-0.15, -0.1) is 0 Å². The maximum absolute atomic E-state index is 11.2. The molecule has 0 atom stereocenters. The molecular weight excluding hydrogens is 280 g/mol. The number of carbonyl (C=O) groups is 1. The molecule has 0 aliphatic carbocycles. The number of hydrogen-bond acceptors (Lipinski definition) is 3. The molecule has 5 nitrogen and oxygen atoms in total. The fourth-order valence-corrected chi connectivity index (χ4v) is 2.75. The van der Waals surface area contributed by atoms with Crippen molar-refractivity contribution in [3.05, 3.63) is 40.7 Å². The first kappa shape index (κ1) is 12.7. The number of hydrogen-bond donors (Lipinski definition) is 1. The second kappa shape index (κ2) is 4.38. The molecule has 0 bridgehead atoms. The summed E-state index contributed by atoms with van der Waals surface area (Å²) in [5, 5.41) is 14.3. The standard InChI is InChI=1S/C14H11ClN2O3/c1-7-11(13-9(14(18)19)6-16-20-13)8-4-3-5-10(15)12(8)17(7)2/h3-6H,1-2H3,(H,18,19). The van der Waals surface area contributed by atoms with Crippen molar-refractivity contribution >= 4 is 28.5 Å². The minimum absolute atomic E-state index is 0.0422. The number of benzene rings is 1. The summed E-state index contributed by atoms with van der Waals surface area (Å²) in [6, 6.07) is 5.51. The molecule has 0 aliphatic rings. The third-order valence-electron chi connectivity index (χ3n) is 3.48. The van der Waals surface area contributed by atoms with E-state index in [1.165, 1.54) is 6.20 Å². The SMILES string of the molecule is Cc1c(-c2oncc2C(=O)O)c2cccc(Cl)c2n1C. The third-order valence-corrected chi connectivity index (χ3v) is 3.79. The van der Waals surface area contributed by atoms with Crippen LogP contribution >= 0.6 is 11.6 Å². The van der Waals surface area contributed by atoms with Crippen LogP contribution in [0.5, 0.6) is 0 Å². The van der Waals surface area contributed by atoms with Crippen LogP contribution in [-0.4, -0.2) is 20.8 Å². The van der Waals surface area contributed by atoms with E-state index >= 15 is 0 Å². The monoisotopic (exact) mass is 290 g/mol. The molecule has 0 saturated heterocycles. The fourth-order valence-electron chi connectivity index (χ4n) is 2.45. The predicted octanol–water partition coefficient (Wildman–Crippen LogP) is 3.49. The zero-order chi connectivity index (χ0) is 14.4. The molecule has 0 radical (unpaired) electrons. The van der Waals surface area contributed by atoms with E-state index in [0.717, 1.165) is 16.6 Å². The largest absolute Gasteiger partial charge is 0.477 e. The Morgan fingerprint density at radius 1 is 1.45 bits per heavy atom. The summed E-state index contributed by atoms with van der Waals surface area (Å²) in [4.78, 5) is 11.2. The number of fused-ring (bicyclic) bond motifs is 1. The third kappa shape index (κ3) is 1.63. The van der Waals surface area contributed by atoms with Crippen LogP contribution in [0.1, 0.15) is 16.1 Å². The fraction of sp³-hybridized carbons (Fsp3) is 0.143. The lowest BCUT2D eigenvalue weighted by atomic mass is 10.1. The molecule has 3 rings (SSSR count). The Balaban J connectivity index is 2.43. The van der Waals surface area contributed by atoms with Crippen LogP contribution in [0.25, 0.3) is 22.2 Å². The summed E-state index contributed by atoms with van der Waals surface area (Å²) in [7, 11) is 1.88. The summed E-state index contributed by atoms with van der Waals surface area (Å²) in [5.74, 6) is -0.817. The number of carboxylic acids is 1. The van der Waals surface area contributed by atoms with E-state index < -0.39 is 5.97 Å². The maximum atomic E-state index is 11.2. The van der Waals surface area contributed by atoms with E-state index in [-0.39, 0.29) is 11.3 Å². The van der Waals surface area contributed by atoms with E-state index in [9.17, 15) is 9.90 Å². The van der Waals surface area contributed by atoms with Crippen LogP contribution in [0, 0.1) is 6.92 Å². The molecule has 6 heteroatoms. The molecule has 0 unspecified atom stereocenters. The number of para-hydroxylation sites is 1. The van der Waals surface area contributed by atoms with Gasteiger partial charge >= 0.3 is 5.97 Å². The second-order valence-corrected chi connectivity index (χ2v) is 4.94. The number of rotatable bonds is 2. The maximum Gasteiger partial charge on any atom is 0.341 e. The number of aromatic carboxylic acids is 1. The molecule has 0 amide bonds. The summed E-state index contributed by atoms with van der Waals surface area (Å²) >= 11 is 6.23. The first-order chi connectivity index (χ1) is 9.52. The number of nitrogens with zero attached hydrogens (tertiary/aromatic N) is 2. The van der Waals surface area contributed by atoms with Crippen molar-refractivity contribution in [3.8, 4) is 11.3 Å². The van der Waals surface area contributed by atoms with E-state index in [0.29, 0.717) is 10.6 Å². The van der Waals surface area contributed by atoms with Crippen molar-refractivity contribution in [1.82, 2.24) is 9.72 Å². The lowest BCUT2D eigenvalue weighted by Gasteiger charge is -2.00. The second-order valence-electron chi connectivity index (χ2n) is 4.53. The van der Waals surface area contributed by atoms with Crippen molar-refractivity contribution in [2.75, 3.05) is 0 Å². The molecule has 2 heterocycles. The van der Waals surface area contributed by atoms with Gasteiger partial charge in [0.25, 0.3) is 0 Å². The minimum atomic E-state index is -1.07. The molecule has 0 fully saturated rings. The topological polar surface area (TPSA) is 68.3 Å². The van der Waals surface area contributed by atoms with E-state index in [1.54, 1.807) is 6.07 Å². The molecule has 3 aromatic rings. The quantitative estimate of drug-likeness (QED) is 0.784. The average Bonchev–Trinajstić information content (AvgIpc) is 2.95. The zero-order valence-corrected chi connectivity index (χ0v) is 11.6. The summed E-state index contributed by atoms with van der Waals surface area (Å²) in [5.41, 5.74) is 2.46. The van der Waals surface area contributed by atoms with Gasteiger partial charge in [-0.1, -0.05) is 28.9 Å². The normalized spacial score (nSPS) is 11.2. The van der Waals surface area contributed by atoms with Crippen molar-refractivity contribution in [2.24, 2.45) is 7.05 Å². The highest BCUT2D eigenvalue weighted by atomic mass is 35.5.